The zero-order chi connectivity index (χ0) is 15.0. The zero-order valence-electron chi connectivity index (χ0n) is 12.2. The SMILES string of the molecule is O=C(c1cccc2nccnc12)N1CCC2(CC1)OCCO2. The molecule has 0 bridgehead atoms. The Hall–Kier alpha value is -2.05. The van der Waals surface area contributed by atoms with Gasteiger partial charge in [0.05, 0.1) is 24.3 Å². The maximum absolute atomic E-state index is 12.8. The second kappa shape index (κ2) is 5.30. The molecule has 0 N–H and O–H groups in total. The molecule has 1 spiro atoms. The van der Waals surface area contributed by atoms with Crippen molar-refractivity contribution in [3.63, 3.8) is 0 Å². The van der Waals surface area contributed by atoms with E-state index >= 15 is 0 Å². The fraction of sp³-hybridized carbons (Fsp3) is 0.438. The molecule has 2 saturated heterocycles. The molecule has 0 radical (unpaired) electrons. The highest BCUT2D eigenvalue weighted by molar-refractivity contribution is 6.04. The number of likely N-dealkylation sites (tertiary alicyclic amines) is 1. The molecule has 22 heavy (non-hydrogen) atoms. The van der Waals surface area contributed by atoms with Crippen molar-refractivity contribution < 1.29 is 14.3 Å². The Morgan fingerprint density at radius 3 is 2.59 bits per heavy atom. The van der Waals surface area contributed by atoms with Gasteiger partial charge in [0, 0.05) is 38.3 Å². The highest BCUT2D eigenvalue weighted by atomic mass is 16.7. The predicted molar refractivity (Wildman–Crippen MR) is 79.3 cm³/mol. The van der Waals surface area contributed by atoms with Crippen LogP contribution in [0.1, 0.15) is 23.2 Å². The molecule has 2 aromatic rings. The first-order chi connectivity index (χ1) is 10.8. The quantitative estimate of drug-likeness (QED) is 0.800. The van der Waals surface area contributed by atoms with E-state index in [0.29, 0.717) is 37.4 Å². The summed E-state index contributed by atoms with van der Waals surface area (Å²) in [7, 11) is 0. The molecular weight excluding hydrogens is 282 g/mol. The number of hydrogen-bond donors (Lipinski definition) is 0. The van der Waals surface area contributed by atoms with E-state index in [0.717, 1.165) is 18.4 Å². The van der Waals surface area contributed by atoms with Crippen molar-refractivity contribution in [3.05, 3.63) is 36.2 Å². The predicted octanol–water partition coefficient (Wildman–Crippen LogP) is 1.61. The molecule has 1 amide bonds. The number of fused-ring (bicyclic) bond motifs is 1. The van der Waals surface area contributed by atoms with Crippen LogP contribution >= 0.6 is 0 Å². The van der Waals surface area contributed by atoms with Gasteiger partial charge >= 0.3 is 0 Å². The number of piperidine rings is 1. The van der Waals surface area contributed by atoms with E-state index in [4.69, 9.17) is 9.47 Å². The van der Waals surface area contributed by atoms with Crippen LogP contribution in [0.4, 0.5) is 0 Å². The number of para-hydroxylation sites is 1. The number of nitrogens with zero attached hydrogens (tertiary/aromatic N) is 3. The minimum Gasteiger partial charge on any atom is -0.347 e. The third-order valence-corrected chi connectivity index (χ3v) is 4.36. The topological polar surface area (TPSA) is 64.6 Å². The maximum Gasteiger partial charge on any atom is 0.256 e. The Bertz CT molecular complexity index is 697. The van der Waals surface area contributed by atoms with Gasteiger partial charge < -0.3 is 14.4 Å². The number of benzene rings is 1. The molecule has 4 rings (SSSR count). The summed E-state index contributed by atoms with van der Waals surface area (Å²) in [6.07, 6.45) is 4.69. The lowest BCUT2D eigenvalue weighted by molar-refractivity contribution is -0.181. The van der Waals surface area contributed by atoms with Crippen molar-refractivity contribution in [1.82, 2.24) is 14.9 Å². The van der Waals surface area contributed by atoms with Crippen molar-refractivity contribution in [2.45, 2.75) is 18.6 Å². The van der Waals surface area contributed by atoms with Crippen molar-refractivity contribution in [2.75, 3.05) is 26.3 Å². The summed E-state index contributed by atoms with van der Waals surface area (Å²) in [4.78, 5) is 23.2. The van der Waals surface area contributed by atoms with Crippen molar-refractivity contribution >= 4 is 16.9 Å². The lowest BCUT2D eigenvalue weighted by Crippen LogP contribution is -2.47. The molecule has 6 heteroatoms. The average Bonchev–Trinajstić information content (AvgIpc) is 3.02. The van der Waals surface area contributed by atoms with E-state index in [9.17, 15) is 4.79 Å². The summed E-state index contributed by atoms with van der Waals surface area (Å²) >= 11 is 0. The van der Waals surface area contributed by atoms with Crippen molar-refractivity contribution in [2.24, 2.45) is 0 Å². The van der Waals surface area contributed by atoms with Gasteiger partial charge in [-0.05, 0) is 12.1 Å². The fourth-order valence-corrected chi connectivity index (χ4v) is 3.17. The summed E-state index contributed by atoms with van der Waals surface area (Å²) in [5.74, 6) is -0.464. The lowest BCUT2D eigenvalue weighted by Gasteiger charge is -2.37. The number of carbonyl (C=O) groups is 1. The molecule has 0 unspecified atom stereocenters. The second-order valence-electron chi connectivity index (χ2n) is 5.63. The lowest BCUT2D eigenvalue weighted by atomic mass is 10.0. The van der Waals surface area contributed by atoms with E-state index < -0.39 is 5.79 Å². The van der Waals surface area contributed by atoms with Crippen LogP contribution in [0.3, 0.4) is 0 Å². The van der Waals surface area contributed by atoms with Crippen LogP contribution in [-0.4, -0.2) is 52.9 Å². The van der Waals surface area contributed by atoms with Gasteiger partial charge in [0.25, 0.3) is 5.91 Å². The molecule has 3 heterocycles. The van der Waals surface area contributed by atoms with Gasteiger partial charge in [-0.2, -0.15) is 0 Å². The number of ether oxygens (including phenoxy) is 2. The maximum atomic E-state index is 12.8. The molecule has 2 aliphatic rings. The number of aromatic nitrogens is 2. The standard InChI is InChI=1S/C16H17N3O3/c20-15(12-2-1-3-13-14(12)18-7-6-17-13)19-8-4-16(5-9-19)21-10-11-22-16/h1-3,6-7H,4-5,8-11H2. The molecule has 1 aromatic heterocycles. The third-order valence-electron chi connectivity index (χ3n) is 4.36. The zero-order valence-corrected chi connectivity index (χ0v) is 12.2. The molecule has 0 saturated carbocycles. The highest BCUT2D eigenvalue weighted by Crippen LogP contribution is 2.32. The third kappa shape index (κ3) is 2.24. The van der Waals surface area contributed by atoms with Gasteiger partial charge in [-0.3, -0.25) is 14.8 Å². The minimum atomic E-state index is -0.463. The Kier molecular flexibility index (Phi) is 3.28. The average molecular weight is 299 g/mol. The molecule has 6 nitrogen and oxygen atoms in total. The number of rotatable bonds is 1. The van der Waals surface area contributed by atoms with Crippen LogP contribution in [0.25, 0.3) is 11.0 Å². The summed E-state index contributed by atoms with van der Waals surface area (Å²) in [5, 5.41) is 0. The van der Waals surface area contributed by atoms with Crippen LogP contribution in [-0.2, 0) is 9.47 Å². The van der Waals surface area contributed by atoms with Gasteiger partial charge in [-0.25, -0.2) is 0 Å². The molecule has 2 aliphatic heterocycles. The van der Waals surface area contributed by atoms with Crippen LogP contribution < -0.4 is 0 Å². The van der Waals surface area contributed by atoms with Gasteiger partial charge in [0.2, 0.25) is 0 Å². The highest BCUT2D eigenvalue weighted by Gasteiger charge is 2.41. The molecular formula is C16H17N3O3. The molecule has 2 fully saturated rings. The fourth-order valence-electron chi connectivity index (χ4n) is 3.17. The van der Waals surface area contributed by atoms with Crippen LogP contribution in [0.5, 0.6) is 0 Å². The molecule has 0 atom stereocenters. The van der Waals surface area contributed by atoms with E-state index in [1.807, 2.05) is 23.1 Å². The monoisotopic (exact) mass is 299 g/mol. The van der Waals surface area contributed by atoms with Crippen LogP contribution in [0, 0.1) is 0 Å². The smallest absolute Gasteiger partial charge is 0.256 e. The normalized spacial score (nSPS) is 20.6. The molecule has 0 aliphatic carbocycles. The van der Waals surface area contributed by atoms with E-state index in [1.165, 1.54) is 0 Å². The molecule has 114 valence electrons. The summed E-state index contributed by atoms with van der Waals surface area (Å²) in [6, 6.07) is 5.52. The Labute approximate surface area is 128 Å². The first kappa shape index (κ1) is 13.6. The first-order valence-corrected chi connectivity index (χ1v) is 7.54. The summed E-state index contributed by atoms with van der Waals surface area (Å²) < 4.78 is 11.4. The van der Waals surface area contributed by atoms with Crippen LogP contribution in [0.15, 0.2) is 30.6 Å². The van der Waals surface area contributed by atoms with Crippen molar-refractivity contribution in [1.29, 1.82) is 0 Å². The van der Waals surface area contributed by atoms with E-state index in [2.05, 4.69) is 9.97 Å². The number of carbonyl (C=O) groups excluding carboxylic acids is 1. The first-order valence-electron chi connectivity index (χ1n) is 7.54. The second-order valence-corrected chi connectivity index (χ2v) is 5.63. The Balaban J connectivity index is 1.57. The van der Waals surface area contributed by atoms with Gasteiger partial charge in [0.15, 0.2) is 5.79 Å². The summed E-state index contributed by atoms with van der Waals surface area (Å²) in [5.41, 5.74) is 2.00. The van der Waals surface area contributed by atoms with Gasteiger partial charge in [-0.1, -0.05) is 6.07 Å². The minimum absolute atomic E-state index is 0.000975. The van der Waals surface area contributed by atoms with Gasteiger partial charge in [0.1, 0.15) is 5.52 Å². The van der Waals surface area contributed by atoms with Crippen molar-refractivity contribution in [3.8, 4) is 0 Å². The number of amides is 1. The number of hydrogen-bond acceptors (Lipinski definition) is 5. The Morgan fingerprint density at radius 1 is 1.09 bits per heavy atom. The van der Waals surface area contributed by atoms with E-state index in [-0.39, 0.29) is 5.91 Å². The van der Waals surface area contributed by atoms with E-state index in [1.54, 1.807) is 12.4 Å². The molecule has 1 aromatic carbocycles. The summed E-state index contributed by atoms with van der Waals surface area (Å²) in [6.45, 7) is 2.56. The Morgan fingerprint density at radius 2 is 1.82 bits per heavy atom. The largest absolute Gasteiger partial charge is 0.347 e. The van der Waals surface area contributed by atoms with Gasteiger partial charge in [-0.15, -0.1) is 0 Å². The van der Waals surface area contributed by atoms with Crippen LogP contribution in [0.2, 0.25) is 0 Å².